The average molecular weight is 179 g/mol. The van der Waals surface area contributed by atoms with E-state index in [2.05, 4.69) is 10.1 Å². The minimum atomic E-state index is -0.100. The summed E-state index contributed by atoms with van der Waals surface area (Å²) in [5.74, 6) is 0. The second-order valence-electron chi connectivity index (χ2n) is 3.99. The molecule has 0 aromatic carbocycles. The molecule has 1 rings (SSSR count). The van der Waals surface area contributed by atoms with Gasteiger partial charge in [0, 0.05) is 12.5 Å². The number of nitrogens with zero attached hydrogens (tertiary/aromatic N) is 3. The van der Waals surface area contributed by atoms with Crippen molar-refractivity contribution in [1.82, 2.24) is 9.78 Å². The Hall–Kier alpha value is -1.41. The summed E-state index contributed by atoms with van der Waals surface area (Å²) >= 11 is 0. The third kappa shape index (κ3) is 2.04. The van der Waals surface area contributed by atoms with Crippen molar-refractivity contribution in [2.75, 3.05) is 0 Å². The molecule has 0 fully saturated rings. The smallest absolute Gasteiger partial charge is 0.240 e. The fraction of sp³-hybridized carbons (Fsp3) is 0.556. The van der Waals surface area contributed by atoms with Gasteiger partial charge in [0.1, 0.15) is 5.69 Å². The maximum absolute atomic E-state index is 10.1. The molecule has 0 bridgehead atoms. The van der Waals surface area contributed by atoms with Gasteiger partial charge in [0.15, 0.2) is 0 Å². The SMILES string of the molecule is Cn1cc(N=C=O)c(C(C)(C)C)n1. The van der Waals surface area contributed by atoms with Crippen LogP contribution in [0.25, 0.3) is 0 Å². The lowest BCUT2D eigenvalue weighted by Crippen LogP contribution is -2.12. The largest absolute Gasteiger partial charge is 0.273 e. The van der Waals surface area contributed by atoms with Crippen molar-refractivity contribution in [2.45, 2.75) is 26.2 Å². The molecule has 0 saturated carbocycles. The van der Waals surface area contributed by atoms with E-state index in [1.54, 1.807) is 17.9 Å². The number of aromatic nitrogens is 2. The van der Waals surface area contributed by atoms with Crippen LogP contribution < -0.4 is 0 Å². The van der Waals surface area contributed by atoms with Crippen LogP contribution in [-0.2, 0) is 17.3 Å². The predicted molar refractivity (Wildman–Crippen MR) is 49.7 cm³/mol. The fourth-order valence-corrected chi connectivity index (χ4v) is 1.14. The van der Waals surface area contributed by atoms with E-state index in [4.69, 9.17) is 0 Å². The molecular weight excluding hydrogens is 166 g/mol. The molecule has 0 spiro atoms. The summed E-state index contributed by atoms with van der Waals surface area (Å²) in [7, 11) is 1.80. The molecule has 0 unspecified atom stereocenters. The van der Waals surface area contributed by atoms with Crippen molar-refractivity contribution in [3.05, 3.63) is 11.9 Å². The molecule has 0 aliphatic rings. The summed E-state index contributed by atoms with van der Waals surface area (Å²) in [6, 6.07) is 0. The van der Waals surface area contributed by atoms with Crippen molar-refractivity contribution >= 4 is 11.8 Å². The summed E-state index contributed by atoms with van der Waals surface area (Å²) in [6.45, 7) is 6.08. The highest BCUT2D eigenvalue weighted by Gasteiger charge is 2.21. The molecule has 4 nitrogen and oxygen atoms in total. The van der Waals surface area contributed by atoms with Gasteiger partial charge in [0.25, 0.3) is 0 Å². The molecule has 1 heterocycles. The van der Waals surface area contributed by atoms with Crippen molar-refractivity contribution < 1.29 is 4.79 Å². The van der Waals surface area contributed by atoms with Crippen LogP contribution in [0, 0.1) is 0 Å². The van der Waals surface area contributed by atoms with Crippen molar-refractivity contribution in [1.29, 1.82) is 0 Å². The van der Waals surface area contributed by atoms with E-state index in [1.165, 1.54) is 6.08 Å². The molecule has 0 aliphatic heterocycles. The molecule has 0 saturated heterocycles. The molecular formula is C9H13N3O. The van der Waals surface area contributed by atoms with Gasteiger partial charge in [0.2, 0.25) is 6.08 Å². The molecule has 0 atom stereocenters. The van der Waals surface area contributed by atoms with Gasteiger partial charge in [-0.3, -0.25) is 4.68 Å². The Balaban J connectivity index is 3.27. The molecule has 4 heteroatoms. The number of carbonyl (C=O) groups excluding carboxylic acids is 1. The third-order valence-corrected chi connectivity index (χ3v) is 1.69. The lowest BCUT2D eigenvalue weighted by molar-refractivity contribution is 0.552. The summed E-state index contributed by atoms with van der Waals surface area (Å²) in [5.41, 5.74) is 1.32. The molecule has 0 N–H and O–H groups in total. The van der Waals surface area contributed by atoms with Crippen LogP contribution >= 0.6 is 0 Å². The average Bonchev–Trinajstić information content (AvgIpc) is 2.30. The highest BCUT2D eigenvalue weighted by Crippen LogP contribution is 2.29. The summed E-state index contributed by atoms with van der Waals surface area (Å²) in [5, 5.41) is 4.24. The first-order valence-electron chi connectivity index (χ1n) is 4.07. The quantitative estimate of drug-likeness (QED) is 0.486. The topological polar surface area (TPSA) is 47.2 Å². The lowest BCUT2D eigenvalue weighted by Gasteiger charge is -2.15. The Labute approximate surface area is 77.3 Å². The number of isocyanates is 1. The van der Waals surface area contributed by atoms with E-state index in [9.17, 15) is 4.79 Å². The van der Waals surface area contributed by atoms with Gasteiger partial charge in [0.05, 0.1) is 11.9 Å². The zero-order chi connectivity index (χ0) is 10.1. The Kier molecular flexibility index (Phi) is 2.34. The van der Waals surface area contributed by atoms with Gasteiger partial charge in [-0.05, 0) is 0 Å². The highest BCUT2D eigenvalue weighted by molar-refractivity contribution is 5.52. The Morgan fingerprint density at radius 1 is 1.54 bits per heavy atom. The van der Waals surface area contributed by atoms with Crippen LogP contribution in [0.3, 0.4) is 0 Å². The lowest BCUT2D eigenvalue weighted by atomic mass is 9.91. The fourth-order valence-electron chi connectivity index (χ4n) is 1.14. The van der Waals surface area contributed by atoms with E-state index in [0.717, 1.165) is 5.69 Å². The third-order valence-electron chi connectivity index (χ3n) is 1.69. The summed E-state index contributed by atoms with van der Waals surface area (Å²) < 4.78 is 1.65. The Bertz CT molecular complexity index is 353. The van der Waals surface area contributed by atoms with Gasteiger partial charge in [-0.25, -0.2) is 4.79 Å². The second-order valence-corrected chi connectivity index (χ2v) is 3.99. The van der Waals surface area contributed by atoms with Crippen LogP contribution in [0.4, 0.5) is 5.69 Å². The molecule has 0 aliphatic carbocycles. The van der Waals surface area contributed by atoms with E-state index in [1.807, 2.05) is 20.8 Å². The van der Waals surface area contributed by atoms with Crippen LogP contribution in [0.5, 0.6) is 0 Å². The minimum Gasteiger partial charge on any atom is -0.273 e. The zero-order valence-electron chi connectivity index (χ0n) is 8.33. The van der Waals surface area contributed by atoms with Crippen molar-refractivity contribution in [3.8, 4) is 0 Å². The van der Waals surface area contributed by atoms with Crippen LogP contribution in [0.1, 0.15) is 26.5 Å². The highest BCUT2D eigenvalue weighted by atomic mass is 16.1. The van der Waals surface area contributed by atoms with Gasteiger partial charge in [-0.2, -0.15) is 10.1 Å². The first-order valence-corrected chi connectivity index (χ1v) is 4.07. The van der Waals surface area contributed by atoms with E-state index in [-0.39, 0.29) is 5.41 Å². The molecule has 70 valence electrons. The van der Waals surface area contributed by atoms with Gasteiger partial charge in [-0.1, -0.05) is 20.8 Å². The molecule has 1 aromatic heterocycles. The number of aryl methyl sites for hydroxylation is 1. The van der Waals surface area contributed by atoms with Crippen LogP contribution in [-0.4, -0.2) is 15.9 Å². The Morgan fingerprint density at radius 2 is 2.15 bits per heavy atom. The van der Waals surface area contributed by atoms with Gasteiger partial charge < -0.3 is 0 Å². The molecule has 0 radical (unpaired) electrons. The van der Waals surface area contributed by atoms with Gasteiger partial charge in [-0.15, -0.1) is 0 Å². The maximum atomic E-state index is 10.1. The van der Waals surface area contributed by atoms with Crippen LogP contribution in [0.15, 0.2) is 11.2 Å². The monoisotopic (exact) mass is 179 g/mol. The Morgan fingerprint density at radius 3 is 2.62 bits per heavy atom. The number of hydrogen-bond donors (Lipinski definition) is 0. The number of aliphatic imine (C=N–C) groups is 1. The maximum Gasteiger partial charge on any atom is 0.240 e. The first-order chi connectivity index (χ1) is 5.95. The number of hydrogen-bond acceptors (Lipinski definition) is 3. The van der Waals surface area contributed by atoms with E-state index < -0.39 is 0 Å². The first kappa shape index (κ1) is 9.68. The molecule has 13 heavy (non-hydrogen) atoms. The normalized spacial score (nSPS) is 11.1. The summed E-state index contributed by atoms with van der Waals surface area (Å²) in [6.07, 6.45) is 3.25. The minimum absolute atomic E-state index is 0.100. The van der Waals surface area contributed by atoms with Crippen molar-refractivity contribution in [3.63, 3.8) is 0 Å². The molecule has 0 amide bonds. The van der Waals surface area contributed by atoms with E-state index >= 15 is 0 Å². The second kappa shape index (κ2) is 3.15. The summed E-state index contributed by atoms with van der Waals surface area (Å²) in [4.78, 5) is 13.7. The van der Waals surface area contributed by atoms with Crippen LogP contribution in [0.2, 0.25) is 0 Å². The van der Waals surface area contributed by atoms with Crippen molar-refractivity contribution in [2.24, 2.45) is 12.0 Å². The predicted octanol–water partition coefficient (Wildman–Crippen LogP) is 1.68. The van der Waals surface area contributed by atoms with E-state index in [0.29, 0.717) is 5.69 Å². The molecule has 1 aromatic rings. The zero-order valence-corrected chi connectivity index (χ0v) is 8.33. The standard InChI is InChI=1S/C9H13N3O/c1-9(2,3)8-7(10-6-13)5-12(4)11-8/h5H,1-4H3. The number of rotatable bonds is 1. The van der Waals surface area contributed by atoms with Gasteiger partial charge >= 0.3 is 0 Å².